The number of carbonyl (C=O) groups excluding carboxylic acids is 2. The zero-order valence-electron chi connectivity index (χ0n) is 32.2. The van der Waals surface area contributed by atoms with E-state index in [2.05, 4.69) is 60.9 Å². The third-order valence-corrected chi connectivity index (χ3v) is 8.74. The van der Waals surface area contributed by atoms with Gasteiger partial charge in [-0.1, -0.05) is 113 Å². The fourth-order valence-corrected chi connectivity index (χ4v) is 5.48. The van der Waals surface area contributed by atoms with Crippen LogP contribution >= 0.6 is 7.82 Å². The molecule has 304 valence electrons. The predicted molar refractivity (Wildman–Crippen MR) is 209 cm³/mol. The van der Waals surface area contributed by atoms with Gasteiger partial charge in [0.05, 0.1) is 19.3 Å². The van der Waals surface area contributed by atoms with Gasteiger partial charge in [-0.05, 0) is 70.6 Å². The molecule has 2 unspecified atom stereocenters. The molecule has 0 aromatic heterocycles. The Balaban J connectivity index is 4.54. The first-order chi connectivity index (χ1) is 25.5. The normalized spacial score (nSPS) is 15.1. The highest BCUT2D eigenvalue weighted by atomic mass is 31.2. The van der Waals surface area contributed by atoms with Crippen LogP contribution in [-0.2, 0) is 37.5 Å². The minimum absolute atomic E-state index is 0.127. The van der Waals surface area contributed by atoms with E-state index in [1.54, 1.807) is 0 Å². The van der Waals surface area contributed by atoms with Gasteiger partial charge in [-0.15, -0.1) is 0 Å². The molecule has 0 aliphatic carbocycles. The summed E-state index contributed by atoms with van der Waals surface area (Å²) in [6, 6.07) is -1.54. The van der Waals surface area contributed by atoms with Crippen molar-refractivity contribution in [2.75, 3.05) is 19.8 Å². The van der Waals surface area contributed by atoms with Gasteiger partial charge in [0.2, 0.25) is 0 Å². The highest BCUT2D eigenvalue weighted by molar-refractivity contribution is 7.47. The van der Waals surface area contributed by atoms with Gasteiger partial charge in [0.1, 0.15) is 12.6 Å². The molecule has 0 aromatic rings. The van der Waals surface area contributed by atoms with Gasteiger partial charge >= 0.3 is 25.7 Å². The van der Waals surface area contributed by atoms with Crippen molar-refractivity contribution in [3.8, 4) is 0 Å². The number of carboxylic acid groups (broad SMARTS) is 1. The summed E-state index contributed by atoms with van der Waals surface area (Å²) >= 11 is 0. The van der Waals surface area contributed by atoms with Crippen LogP contribution in [0.4, 0.5) is 0 Å². The Morgan fingerprint density at radius 1 is 0.660 bits per heavy atom. The number of phosphoric ester groups is 1. The van der Waals surface area contributed by atoms with E-state index >= 15 is 0 Å². The predicted octanol–water partition coefficient (Wildman–Crippen LogP) is 8.58. The van der Waals surface area contributed by atoms with E-state index < -0.39 is 57.7 Å². The molecule has 12 nitrogen and oxygen atoms in total. The Kier molecular flexibility index (Phi) is 33.0. The van der Waals surface area contributed by atoms with Crippen molar-refractivity contribution in [3.05, 3.63) is 60.8 Å². The van der Waals surface area contributed by atoms with Crippen LogP contribution in [-0.4, -0.2) is 71.1 Å². The Labute approximate surface area is 318 Å². The first kappa shape index (κ1) is 50.1. The van der Waals surface area contributed by atoms with Crippen molar-refractivity contribution in [1.82, 2.24) is 0 Å². The first-order valence-corrected chi connectivity index (χ1v) is 20.9. The quantitative estimate of drug-likeness (QED) is 0.0208. The Morgan fingerprint density at radius 3 is 1.83 bits per heavy atom. The van der Waals surface area contributed by atoms with Crippen LogP contribution in [0, 0.1) is 0 Å². The molecule has 0 aromatic carbocycles. The number of esters is 2. The molecular weight excluding hydrogens is 701 g/mol. The third-order valence-electron chi connectivity index (χ3n) is 7.79. The lowest BCUT2D eigenvalue weighted by molar-refractivity contribution is -0.161. The molecule has 0 fully saturated rings. The number of rotatable bonds is 35. The van der Waals surface area contributed by atoms with Crippen molar-refractivity contribution >= 4 is 25.7 Å². The minimum Gasteiger partial charge on any atom is -0.480 e. The van der Waals surface area contributed by atoms with E-state index in [4.69, 9.17) is 24.8 Å². The summed E-state index contributed by atoms with van der Waals surface area (Å²) in [5.41, 5.74) is 5.31. The number of hydrogen-bond acceptors (Lipinski definition) is 10. The van der Waals surface area contributed by atoms with Gasteiger partial charge in [-0.2, -0.15) is 0 Å². The summed E-state index contributed by atoms with van der Waals surface area (Å²) in [5, 5.41) is 18.6. The Morgan fingerprint density at radius 2 is 1.19 bits per heavy atom. The molecule has 0 spiro atoms. The summed E-state index contributed by atoms with van der Waals surface area (Å²) in [6.45, 7) is 2.46. The number of ether oxygens (including phenoxy) is 2. The number of allylic oxidation sites excluding steroid dienone is 9. The molecule has 0 saturated heterocycles. The van der Waals surface area contributed by atoms with Crippen LogP contribution in [0.15, 0.2) is 60.8 Å². The molecule has 0 heterocycles. The molecule has 0 aliphatic rings. The number of aliphatic hydroxyl groups is 1. The smallest absolute Gasteiger partial charge is 0.472 e. The molecule has 5 N–H and O–H groups in total. The van der Waals surface area contributed by atoms with Crippen LogP contribution in [0.1, 0.15) is 136 Å². The molecule has 0 rings (SSSR count). The van der Waals surface area contributed by atoms with Crippen molar-refractivity contribution in [1.29, 1.82) is 0 Å². The topological polar surface area (TPSA) is 192 Å². The second-order valence-electron chi connectivity index (χ2n) is 12.9. The molecule has 0 radical (unpaired) electrons. The largest absolute Gasteiger partial charge is 0.480 e. The maximum absolute atomic E-state index is 12.5. The van der Waals surface area contributed by atoms with Crippen LogP contribution in [0.5, 0.6) is 0 Å². The third kappa shape index (κ3) is 34.6. The molecule has 0 aliphatic heterocycles. The standard InChI is InChI=1S/C40H68NO11P/c1-3-5-6-7-8-9-13-18-21-24-27-31-39(44)52-36(33-50-53(47,48)51-34-37(41)40(45)46)32-49-38(43)30-26-23-20-17-15-12-10-11-14-16-19-22-25-29-35(42)28-4-2/h7-8,10,12,14,16-17,20,22,25,35-37,42H,3-6,9,11,13,15,18-19,21,23-24,26-34,41H2,1-2H3,(H,45,46)(H,47,48)/b8-7-,12-10-,16-14-,20-17-,25-22-/t35?,36-,37+/m1/s1. The van der Waals surface area contributed by atoms with Gasteiger partial charge in [0.25, 0.3) is 0 Å². The maximum atomic E-state index is 12.5. The highest BCUT2D eigenvalue weighted by Gasteiger charge is 2.28. The van der Waals surface area contributed by atoms with Crippen LogP contribution in [0.25, 0.3) is 0 Å². The van der Waals surface area contributed by atoms with E-state index in [9.17, 15) is 28.9 Å². The van der Waals surface area contributed by atoms with Crippen LogP contribution < -0.4 is 5.73 Å². The van der Waals surface area contributed by atoms with E-state index in [0.29, 0.717) is 25.7 Å². The van der Waals surface area contributed by atoms with Gasteiger partial charge < -0.3 is 30.3 Å². The number of carbonyl (C=O) groups is 3. The monoisotopic (exact) mass is 769 g/mol. The van der Waals surface area contributed by atoms with Crippen molar-refractivity contribution in [3.63, 3.8) is 0 Å². The molecule has 0 bridgehead atoms. The lowest BCUT2D eigenvalue weighted by atomic mass is 10.1. The SMILES string of the molecule is CCCC/C=C\CCCCCCCC(=O)O[C@H](COC(=O)CCC/C=C\C/C=C\C/C=C\C/C=C\CC(O)CCC)COP(=O)(O)OC[C@H](N)C(=O)O. The van der Waals surface area contributed by atoms with E-state index in [1.807, 2.05) is 18.2 Å². The summed E-state index contributed by atoms with van der Waals surface area (Å²) in [5.74, 6) is -2.50. The zero-order chi connectivity index (χ0) is 39.4. The average molecular weight is 770 g/mol. The van der Waals surface area contributed by atoms with E-state index in [0.717, 1.165) is 70.6 Å². The van der Waals surface area contributed by atoms with Crippen LogP contribution in [0.3, 0.4) is 0 Å². The first-order valence-electron chi connectivity index (χ1n) is 19.4. The van der Waals surface area contributed by atoms with Crippen molar-refractivity contribution in [2.45, 2.75) is 154 Å². The maximum Gasteiger partial charge on any atom is 0.472 e. The van der Waals surface area contributed by atoms with Crippen molar-refractivity contribution in [2.24, 2.45) is 5.73 Å². The highest BCUT2D eigenvalue weighted by Crippen LogP contribution is 2.43. The number of aliphatic hydroxyl groups excluding tert-OH is 1. The zero-order valence-corrected chi connectivity index (χ0v) is 33.1. The summed E-state index contributed by atoms with van der Waals surface area (Å²) in [7, 11) is -4.73. The lowest BCUT2D eigenvalue weighted by Crippen LogP contribution is -2.34. The molecule has 13 heteroatoms. The fourth-order valence-electron chi connectivity index (χ4n) is 4.70. The number of aliphatic carboxylic acids is 1. The second-order valence-corrected chi connectivity index (χ2v) is 14.3. The summed E-state index contributed by atoms with van der Waals surface area (Å²) in [4.78, 5) is 45.7. The van der Waals surface area contributed by atoms with Gasteiger partial charge in [-0.3, -0.25) is 23.4 Å². The number of carboxylic acids is 1. The second kappa shape index (κ2) is 34.9. The molecule has 0 amide bonds. The van der Waals surface area contributed by atoms with E-state index in [-0.39, 0.29) is 18.9 Å². The Hall–Kier alpha value is -2.86. The van der Waals surface area contributed by atoms with Gasteiger partial charge in [0.15, 0.2) is 6.10 Å². The summed E-state index contributed by atoms with van der Waals surface area (Å²) < 4.78 is 32.5. The van der Waals surface area contributed by atoms with Crippen LogP contribution in [0.2, 0.25) is 0 Å². The van der Waals surface area contributed by atoms with Gasteiger partial charge in [-0.25, -0.2) is 4.57 Å². The van der Waals surface area contributed by atoms with Crippen molar-refractivity contribution < 1.29 is 52.6 Å². The average Bonchev–Trinajstić information content (AvgIpc) is 3.12. The minimum atomic E-state index is -4.73. The van der Waals surface area contributed by atoms with E-state index in [1.165, 1.54) is 12.8 Å². The van der Waals surface area contributed by atoms with Gasteiger partial charge in [0, 0.05) is 12.8 Å². The summed E-state index contributed by atoms with van der Waals surface area (Å²) in [6.07, 6.45) is 35.1. The fraction of sp³-hybridized carbons (Fsp3) is 0.675. The number of nitrogens with two attached hydrogens (primary N) is 1. The molecule has 4 atom stereocenters. The Bertz CT molecular complexity index is 1150. The molecule has 0 saturated carbocycles. The lowest BCUT2D eigenvalue weighted by Gasteiger charge is -2.20. The number of unbranched alkanes of at least 4 members (excludes halogenated alkanes) is 8. The number of phosphoric acid groups is 1. The number of hydrogen-bond donors (Lipinski definition) is 4. The molecule has 53 heavy (non-hydrogen) atoms. The molecular formula is C40H68NO11P.